The molecule has 1 unspecified atom stereocenters. The normalized spacial score (nSPS) is 19.9. The van der Waals surface area contributed by atoms with Crippen molar-refractivity contribution < 1.29 is 9.53 Å². The van der Waals surface area contributed by atoms with Crippen LogP contribution in [0, 0.1) is 5.92 Å². The summed E-state index contributed by atoms with van der Waals surface area (Å²) >= 11 is 0. The number of piperidine rings is 1. The number of primary amides is 1. The number of nitrogens with zero attached hydrogens (tertiary/aromatic N) is 1. The molecule has 1 fully saturated rings. The van der Waals surface area contributed by atoms with E-state index in [0.717, 1.165) is 45.5 Å². The molecule has 5 nitrogen and oxygen atoms in total. The van der Waals surface area contributed by atoms with Gasteiger partial charge in [-0.1, -0.05) is 0 Å². The number of nitrogens with two attached hydrogens (primary N) is 2. The topological polar surface area (TPSA) is 81.6 Å². The molecule has 0 aromatic heterocycles. The zero-order valence-electron chi connectivity index (χ0n) is 11.4. The molecule has 0 saturated carbocycles. The lowest BCUT2D eigenvalue weighted by Crippen LogP contribution is -2.38. The molecule has 1 rings (SSSR count). The number of carbonyl (C=O) groups is 1. The fourth-order valence-corrected chi connectivity index (χ4v) is 2.53. The van der Waals surface area contributed by atoms with Gasteiger partial charge in [-0.15, -0.1) is 0 Å². The van der Waals surface area contributed by atoms with E-state index in [4.69, 9.17) is 16.2 Å². The first kappa shape index (κ1) is 15.4. The van der Waals surface area contributed by atoms with Crippen LogP contribution in [0.25, 0.3) is 0 Å². The van der Waals surface area contributed by atoms with E-state index in [1.807, 2.05) is 6.92 Å². The summed E-state index contributed by atoms with van der Waals surface area (Å²) in [5, 5.41) is 0. The predicted octanol–water partition coefficient (Wildman–Crippen LogP) is 0.328. The van der Waals surface area contributed by atoms with Crippen LogP contribution < -0.4 is 11.5 Å². The average molecular weight is 257 g/mol. The Balaban J connectivity index is 2.16. The summed E-state index contributed by atoms with van der Waals surface area (Å²) in [6.45, 7) is 6.46. The maximum absolute atomic E-state index is 10.9. The van der Waals surface area contributed by atoms with Gasteiger partial charge in [0.15, 0.2) is 0 Å². The molecule has 106 valence electrons. The number of ether oxygens (including phenoxy) is 1. The van der Waals surface area contributed by atoms with Gasteiger partial charge in [-0.2, -0.15) is 0 Å². The highest BCUT2D eigenvalue weighted by atomic mass is 16.5. The summed E-state index contributed by atoms with van der Waals surface area (Å²) in [6.07, 6.45) is 3.86. The Bertz CT molecular complexity index is 240. The molecule has 1 saturated heterocycles. The van der Waals surface area contributed by atoms with Gasteiger partial charge < -0.3 is 21.1 Å². The van der Waals surface area contributed by atoms with Crippen molar-refractivity contribution in [3.8, 4) is 0 Å². The maximum atomic E-state index is 10.9. The third-order valence-electron chi connectivity index (χ3n) is 3.63. The molecule has 1 aliphatic heterocycles. The van der Waals surface area contributed by atoms with Crippen molar-refractivity contribution in [1.29, 1.82) is 0 Å². The first-order valence-corrected chi connectivity index (χ1v) is 6.98. The van der Waals surface area contributed by atoms with E-state index < -0.39 is 0 Å². The predicted molar refractivity (Wildman–Crippen MR) is 72.1 cm³/mol. The van der Waals surface area contributed by atoms with Gasteiger partial charge in [0.05, 0.1) is 6.10 Å². The van der Waals surface area contributed by atoms with Crippen LogP contribution in [0.3, 0.4) is 0 Å². The first-order valence-electron chi connectivity index (χ1n) is 6.98. The average Bonchev–Trinajstić information content (AvgIpc) is 2.35. The largest absolute Gasteiger partial charge is 0.377 e. The Hall–Kier alpha value is -0.650. The summed E-state index contributed by atoms with van der Waals surface area (Å²) < 4.78 is 5.54. The van der Waals surface area contributed by atoms with E-state index in [1.165, 1.54) is 0 Å². The molecule has 0 aromatic rings. The van der Waals surface area contributed by atoms with E-state index in [0.29, 0.717) is 18.9 Å². The lowest BCUT2D eigenvalue weighted by molar-refractivity contribution is -0.119. The highest BCUT2D eigenvalue weighted by Crippen LogP contribution is 2.20. The monoisotopic (exact) mass is 257 g/mol. The molecule has 1 amide bonds. The van der Waals surface area contributed by atoms with Crippen molar-refractivity contribution in [2.24, 2.45) is 17.4 Å². The number of carbonyl (C=O) groups excluding carboxylic acids is 1. The van der Waals surface area contributed by atoms with Crippen molar-refractivity contribution in [2.45, 2.75) is 38.7 Å². The molecular weight excluding hydrogens is 230 g/mol. The summed E-state index contributed by atoms with van der Waals surface area (Å²) in [5.74, 6) is 0.309. The maximum Gasteiger partial charge on any atom is 0.217 e. The van der Waals surface area contributed by atoms with Crippen LogP contribution in [-0.2, 0) is 9.53 Å². The van der Waals surface area contributed by atoms with Crippen molar-refractivity contribution in [3.05, 3.63) is 0 Å². The number of rotatable bonds is 8. The Morgan fingerprint density at radius 2 is 2.11 bits per heavy atom. The number of amides is 1. The second-order valence-electron chi connectivity index (χ2n) is 5.06. The van der Waals surface area contributed by atoms with Gasteiger partial charge in [-0.05, 0) is 45.2 Å². The third-order valence-corrected chi connectivity index (χ3v) is 3.63. The number of likely N-dealkylation sites (tertiary alicyclic amines) is 1. The van der Waals surface area contributed by atoms with Crippen molar-refractivity contribution in [1.82, 2.24) is 4.90 Å². The van der Waals surface area contributed by atoms with Gasteiger partial charge >= 0.3 is 0 Å². The third kappa shape index (κ3) is 5.80. The van der Waals surface area contributed by atoms with Crippen LogP contribution in [0.5, 0.6) is 0 Å². The Morgan fingerprint density at radius 3 is 2.61 bits per heavy atom. The molecule has 1 heterocycles. The van der Waals surface area contributed by atoms with E-state index in [9.17, 15) is 4.79 Å². The van der Waals surface area contributed by atoms with Gasteiger partial charge in [0, 0.05) is 26.1 Å². The fourth-order valence-electron chi connectivity index (χ4n) is 2.53. The first-order chi connectivity index (χ1) is 8.65. The second kappa shape index (κ2) is 8.45. The second-order valence-corrected chi connectivity index (χ2v) is 5.06. The van der Waals surface area contributed by atoms with Crippen molar-refractivity contribution in [3.63, 3.8) is 0 Å². The quantitative estimate of drug-likeness (QED) is 0.656. The summed E-state index contributed by atoms with van der Waals surface area (Å²) in [4.78, 5) is 13.3. The molecule has 1 aliphatic rings. The summed E-state index contributed by atoms with van der Waals surface area (Å²) in [7, 11) is 0. The van der Waals surface area contributed by atoms with E-state index >= 15 is 0 Å². The lowest BCUT2D eigenvalue weighted by Gasteiger charge is -2.32. The standard InChI is InChI=1S/C13H27N3O2/c1-2-18-12(10-14)5-8-16-6-3-11(4-7-16)9-13(15)17/h11-12H,2-10,14H2,1H3,(H2,15,17). The van der Waals surface area contributed by atoms with E-state index in [-0.39, 0.29) is 12.0 Å². The minimum absolute atomic E-state index is 0.173. The highest BCUT2D eigenvalue weighted by Gasteiger charge is 2.21. The zero-order valence-corrected chi connectivity index (χ0v) is 11.4. The molecule has 5 heteroatoms. The van der Waals surface area contributed by atoms with Crippen molar-refractivity contribution >= 4 is 5.91 Å². The smallest absolute Gasteiger partial charge is 0.217 e. The van der Waals surface area contributed by atoms with Crippen LogP contribution in [0.2, 0.25) is 0 Å². The molecule has 0 aromatic carbocycles. The molecule has 1 atom stereocenters. The molecule has 0 aliphatic carbocycles. The minimum atomic E-state index is -0.173. The molecular formula is C13H27N3O2. The van der Waals surface area contributed by atoms with Crippen LogP contribution in [0.15, 0.2) is 0 Å². The van der Waals surface area contributed by atoms with Crippen LogP contribution in [0.1, 0.15) is 32.6 Å². The van der Waals surface area contributed by atoms with E-state index in [1.54, 1.807) is 0 Å². The molecule has 0 bridgehead atoms. The summed E-state index contributed by atoms with van der Waals surface area (Å²) in [5.41, 5.74) is 10.9. The number of hydrogen-bond acceptors (Lipinski definition) is 4. The lowest BCUT2D eigenvalue weighted by atomic mass is 9.93. The summed E-state index contributed by atoms with van der Waals surface area (Å²) in [6, 6.07) is 0. The Morgan fingerprint density at radius 1 is 1.44 bits per heavy atom. The van der Waals surface area contributed by atoms with Gasteiger partial charge in [-0.3, -0.25) is 4.79 Å². The van der Waals surface area contributed by atoms with E-state index in [2.05, 4.69) is 4.90 Å². The Kier molecular flexibility index (Phi) is 7.23. The number of hydrogen-bond donors (Lipinski definition) is 2. The Labute approximate surface area is 110 Å². The zero-order chi connectivity index (χ0) is 13.4. The van der Waals surface area contributed by atoms with Gasteiger partial charge in [-0.25, -0.2) is 0 Å². The fraction of sp³-hybridized carbons (Fsp3) is 0.923. The minimum Gasteiger partial charge on any atom is -0.377 e. The van der Waals surface area contributed by atoms with Crippen LogP contribution >= 0.6 is 0 Å². The van der Waals surface area contributed by atoms with Crippen molar-refractivity contribution in [2.75, 3.05) is 32.8 Å². The molecule has 0 radical (unpaired) electrons. The van der Waals surface area contributed by atoms with Crippen LogP contribution in [0.4, 0.5) is 0 Å². The highest BCUT2D eigenvalue weighted by molar-refractivity contribution is 5.73. The molecule has 18 heavy (non-hydrogen) atoms. The van der Waals surface area contributed by atoms with Gasteiger partial charge in [0.25, 0.3) is 0 Å². The van der Waals surface area contributed by atoms with Gasteiger partial charge in [0.1, 0.15) is 0 Å². The van der Waals surface area contributed by atoms with Crippen LogP contribution in [-0.4, -0.2) is 49.7 Å². The van der Waals surface area contributed by atoms with Gasteiger partial charge in [0.2, 0.25) is 5.91 Å². The molecule has 4 N–H and O–H groups in total. The SMILES string of the molecule is CCOC(CN)CCN1CCC(CC(N)=O)CC1. The molecule has 0 spiro atoms.